The van der Waals surface area contributed by atoms with E-state index in [1.54, 1.807) is 18.2 Å². The van der Waals surface area contributed by atoms with E-state index < -0.39 is 0 Å². The van der Waals surface area contributed by atoms with Crippen molar-refractivity contribution in [3.8, 4) is 5.75 Å². The van der Waals surface area contributed by atoms with Crippen LogP contribution < -0.4 is 10.1 Å². The van der Waals surface area contributed by atoms with Gasteiger partial charge in [-0.3, -0.25) is 9.69 Å². The minimum absolute atomic E-state index is 0.122. The predicted molar refractivity (Wildman–Crippen MR) is 91.4 cm³/mol. The molecule has 1 saturated heterocycles. The summed E-state index contributed by atoms with van der Waals surface area (Å²) in [7, 11) is 0. The van der Waals surface area contributed by atoms with Crippen LogP contribution in [0.4, 0.5) is 0 Å². The summed E-state index contributed by atoms with van der Waals surface area (Å²) >= 11 is 12.0. The number of rotatable bonds is 6. The van der Waals surface area contributed by atoms with Gasteiger partial charge in [-0.05, 0) is 26.0 Å². The molecule has 1 aliphatic heterocycles. The van der Waals surface area contributed by atoms with E-state index in [1.807, 2.05) is 0 Å². The van der Waals surface area contributed by atoms with Crippen molar-refractivity contribution in [2.24, 2.45) is 0 Å². The van der Waals surface area contributed by atoms with Crippen molar-refractivity contribution >= 4 is 29.1 Å². The summed E-state index contributed by atoms with van der Waals surface area (Å²) in [5.74, 6) is 0.126. The van der Waals surface area contributed by atoms with Gasteiger partial charge in [0.15, 0.2) is 12.4 Å². The van der Waals surface area contributed by atoms with Crippen LogP contribution in [-0.2, 0) is 9.53 Å². The molecule has 1 fully saturated rings. The van der Waals surface area contributed by atoms with E-state index in [0.717, 1.165) is 26.3 Å². The van der Waals surface area contributed by atoms with Gasteiger partial charge in [-0.2, -0.15) is 0 Å². The highest BCUT2D eigenvalue weighted by atomic mass is 35.5. The Morgan fingerprint density at radius 3 is 2.52 bits per heavy atom. The SMILES string of the molecule is CC(C)(CNC(=O)COc1c(Cl)cccc1Cl)N1CCOCC1. The van der Waals surface area contributed by atoms with Crippen molar-refractivity contribution in [2.45, 2.75) is 19.4 Å². The quantitative estimate of drug-likeness (QED) is 0.846. The highest BCUT2D eigenvalue weighted by Gasteiger charge is 2.28. The Morgan fingerprint density at radius 2 is 1.91 bits per heavy atom. The van der Waals surface area contributed by atoms with Crippen molar-refractivity contribution in [1.82, 2.24) is 10.2 Å². The second kappa shape index (κ2) is 8.20. The third-order valence-electron chi connectivity index (χ3n) is 3.85. The summed E-state index contributed by atoms with van der Waals surface area (Å²) in [4.78, 5) is 14.3. The van der Waals surface area contributed by atoms with Gasteiger partial charge in [0.1, 0.15) is 0 Å². The molecule has 1 heterocycles. The summed E-state index contributed by atoms with van der Waals surface area (Å²) in [6.45, 7) is 7.81. The number of hydrogen-bond donors (Lipinski definition) is 1. The van der Waals surface area contributed by atoms with Crippen molar-refractivity contribution in [1.29, 1.82) is 0 Å². The zero-order valence-corrected chi connectivity index (χ0v) is 14.9. The van der Waals surface area contributed by atoms with Crippen molar-refractivity contribution in [3.05, 3.63) is 28.2 Å². The van der Waals surface area contributed by atoms with Gasteiger partial charge in [-0.15, -0.1) is 0 Å². The number of amides is 1. The van der Waals surface area contributed by atoms with E-state index in [0.29, 0.717) is 22.3 Å². The molecular formula is C16H22Cl2N2O3. The van der Waals surface area contributed by atoms with Crippen LogP contribution in [0.2, 0.25) is 10.0 Å². The number of benzene rings is 1. The van der Waals surface area contributed by atoms with E-state index in [4.69, 9.17) is 32.7 Å². The van der Waals surface area contributed by atoms with Crippen LogP contribution in [0.3, 0.4) is 0 Å². The average molecular weight is 361 g/mol. The molecule has 0 saturated carbocycles. The molecule has 0 aliphatic carbocycles. The van der Waals surface area contributed by atoms with Crippen LogP contribution in [0, 0.1) is 0 Å². The smallest absolute Gasteiger partial charge is 0.258 e. The molecule has 1 aromatic rings. The Balaban J connectivity index is 1.80. The number of para-hydroxylation sites is 1. The van der Waals surface area contributed by atoms with Gasteiger partial charge >= 0.3 is 0 Å². The zero-order valence-electron chi connectivity index (χ0n) is 13.4. The van der Waals surface area contributed by atoms with Crippen LogP contribution in [0.25, 0.3) is 0 Å². The molecule has 5 nitrogen and oxygen atoms in total. The molecule has 23 heavy (non-hydrogen) atoms. The first-order valence-electron chi connectivity index (χ1n) is 7.56. The van der Waals surface area contributed by atoms with E-state index >= 15 is 0 Å². The summed E-state index contributed by atoms with van der Waals surface area (Å²) < 4.78 is 10.8. The van der Waals surface area contributed by atoms with Gasteiger partial charge in [0.2, 0.25) is 0 Å². The molecule has 128 valence electrons. The van der Waals surface area contributed by atoms with Gasteiger partial charge in [-0.1, -0.05) is 29.3 Å². The Labute approximate surface area is 146 Å². The third-order valence-corrected chi connectivity index (χ3v) is 4.45. The molecule has 1 aromatic carbocycles. The maximum Gasteiger partial charge on any atom is 0.258 e. The fourth-order valence-corrected chi connectivity index (χ4v) is 2.91. The lowest BCUT2D eigenvalue weighted by Crippen LogP contribution is -2.55. The molecular weight excluding hydrogens is 339 g/mol. The van der Waals surface area contributed by atoms with Gasteiger partial charge in [-0.25, -0.2) is 0 Å². The third kappa shape index (κ3) is 5.24. The van der Waals surface area contributed by atoms with E-state index in [1.165, 1.54) is 0 Å². The lowest BCUT2D eigenvalue weighted by Gasteiger charge is -2.40. The molecule has 1 aliphatic rings. The summed E-state index contributed by atoms with van der Waals surface area (Å²) in [5.41, 5.74) is -0.137. The molecule has 0 atom stereocenters. The maximum absolute atomic E-state index is 12.0. The molecule has 1 N–H and O–H groups in total. The predicted octanol–water partition coefficient (Wildman–Crippen LogP) is 2.60. The molecule has 0 radical (unpaired) electrons. The van der Waals surface area contributed by atoms with Gasteiger partial charge in [0.05, 0.1) is 23.3 Å². The molecule has 0 spiro atoms. The maximum atomic E-state index is 12.0. The number of morpholine rings is 1. The summed E-state index contributed by atoms with van der Waals surface area (Å²) in [6.07, 6.45) is 0. The molecule has 0 unspecified atom stereocenters. The molecule has 7 heteroatoms. The normalized spacial score (nSPS) is 16.2. The summed E-state index contributed by atoms with van der Waals surface area (Å²) in [6, 6.07) is 5.06. The van der Waals surface area contributed by atoms with Gasteiger partial charge < -0.3 is 14.8 Å². The topological polar surface area (TPSA) is 50.8 Å². The van der Waals surface area contributed by atoms with Crippen molar-refractivity contribution in [2.75, 3.05) is 39.5 Å². The van der Waals surface area contributed by atoms with Crippen molar-refractivity contribution in [3.63, 3.8) is 0 Å². The first-order chi connectivity index (χ1) is 10.9. The monoisotopic (exact) mass is 360 g/mol. The molecule has 2 rings (SSSR count). The fraction of sp³-hybridized carbons (Fsp3) is 0.562. The second-order valence-electron chi connectivity index (χ2n) is 6.03. The minimum atomic E-state index is -0.206. The zero-order chi connectivity index (χ0) is 16.9. The first kappa shape index (κ1) is 18.3. The van der Waals surface area contributed by atoms with Crippen LogP contribution in [0.15, 0.2) is 18.2 Å². The van der Waals surface area contributed by atoms with Crippen LogP contribution in [-0.4, -0.2) is 55.8 Å². The average Bonchev–Trinajstić information content (AvgIpc) is 2.53. The van der Waals surface area contributed by atoms with Crippen LogP contribution in [0.5, 0.6) is 5.75 Å². The number of halogens is 2. The van der Waals surface area contributed by atoms with Crippen molar-refractivity contribution < 1.29 is 14.3 Å². The standard InChI is InChI=1S/C16H22Cl2N2O3/c1-16(2,20-6-8-22-9-7-20)11-19-14(21)10-23-15-12(17)4-3-5-13(15)18/h3-5H,6-11H2,1-2H3,(H,19,21). The number of hydrogen-bond acceptors (Lipinski definition) is 4. The summed E-state index contributed by atoms with van der Waals surface area (Å²) in [5, 5.41) is 3.67. The molecule has 1 amide bonds. The van der Waals surface area contributed by atoms with Crippen LogP contribution in [0.1, 0.15) is 13.8 Å². The van der Waals surface area contributed by atoms with E-state index in [2.05, 4.69) is 24.1 Å². The number of nitrogens with one attached hydrogen (secondary N) is 1. The lowest BCUT2D eigenvalue weighted by molar-refractivity contribution is -0.123. The molecule has 0 aromatic heterocycles. The highest BCUT2D eigenvalue weighted by Crippen LogP contribution is 2.32. The number of carbonyl (C=O) groups excluding carboxylic acids is 1. The second-order valence-corrected chi connectivity index (χ2v) is 6.84. The lowest BCUT2D eigenvalue weighted by atomic mass is 10.0. The molecule has 0 bridgehead atoms. The minimum Gasteiger partial charge on any atom is -0.481 e. The highest BCUT2D eigenvalue weighted by molar-refractivity contribution is 6.37. The fourth-order valence-electron chi connectivity index (χ4n) is 2.40. The van der Waals surface area contributed by atoms with Crippen LogP contribution >= 0.6 is 23.2 Å². The first-order valence-corrected chi connectivity index (χ1v) is 8.32. The Morgan fingerprint density at radius 1 is 1.30 bits per heavy atom. The Bertz CT molecular complexity index is 526. The Kier molecular flexibility index (Phi) is 6.53. The van der Waals surface area contributed by atoms with Gasteiger partial charge in [0.25, 0.3) is 5.91 Å². The largest absolute Gasteiger partial charge is 0.481 e. The van der Waals surface area contributed by atoms with Gasteiger partial charge in [0, 0.05) is 25.2 Å². The van der Waals surface area contributed by atoms with E-state index in [9.17, 15) is 4.79 Å². The Hall–Kier alpha value is -1.01. The number of nitrogens with zero attached hydrogens (tertiary/aromatic N) is 1. The number of ether oxygens (including phenoxy) is 2. The number of carbonyl (C=O) groups is 1. The van der Waals surface area contributed by atoms with E-state index in [-0.39, 0.29) is 18.1 Å².